The molecule has 134 valence electrons. The first-order valence-corrected chi connectivity index (χ1v) is 9.72. The Bertz CT molecular complexity index is 294. The van der Waals surface area contributed by atoms with Crippen LogP contribution < -0.4 is 0 Å². The van der Waals surface area contributed by atoms with Crippen LogP contribution in [0.25, 0.3) is 0 Å². The predicted molar refractivity (Wildman–Crippen MR) is 101 cm³/mol. The minimum atomic E-state index is -0.0553. The van der Waals surface area contributed by atoms with Crippen molar-refractivity contribution in [2.24, 2.45) is 0 Å². The van der Waals surface area contributed by atoms with Gasteiger partial charge in [0.2, 0.25) is 0 Å². The average molecular weight is 323 g/mol. The van der Waals surface area contributed by atoms with E-state index in [0.29, 0.717) is 13.0 Å². The van der Waals surface area contributed by atoms with Crippen molar-refractivity contribution in [3.8, 4) is 0 Å². The Balaban J connectivity index is 3.25. The first-order valence-electron chi connectivity index (χ1n) is 9.72. The highest BCUT2D eigenvalue weighted by molar-refractivity contribution is 5.69. The van der Waals surface area contributed by atoms with Crippen molar-refractivity contribution in [3.05, 3.63) is 24.8 Å². The number of unbranched alkanes of at least 4 members (excludes halogenated alkanes) is 11. The molecule has 0 rings (SSSR count). The Morgan fingerprint density at radius 1 is 0.826 bits per heavy atom. The molecule has 0 saturated heterocycles. The molecule has 0 aliphatic rings. The standard InChI is InChI=1S/C21H38O2/c1-3-5-7-9-11-12-14-16-18-20-23-21(22)19-17-15-13-10-8-6-4-2/h4,16,18H,2-3,5-15,17,19-20H2,1H3. The van der Waals surface area contributed by atoms with Gasteiger partial charge in [0, 0.05) is 6.42 Å². The lowest BCUT2D eigenvalue weighted by atomic mass is 10.1. The molecule has 0 unspecified atom stereocenters. The molecule has 0 atom stereocenters. The van der Waals surface area contributed by atoms with Crippen molar-refractivity contribution in [2.45, 2.75) is 96.8 Å². The maximum absolute atomic E-state index is 11.5. The molecule has 0 heterocycles. The van der Waals surface area contributed by atoms with E-state index in [9.17, 15) is 4.79 Å². The summed E-state index contributed by atoms with van der Waals surface area (Å²) in [6, 6.07) is 0. The summed E-state index contributed by atoms with van der Waals surface area (Å²) in [7, 11) is 0. The van der Waals surface area contributed by atoms with Gasteiger partial charge in [-0.25, -0.2) is 0 Å². The first kappa shape index (κ1) is 21.9. The molecule has 0 radical (unpaired) electrons. The Hall–Kier alpha value is -1.05. The monoisotopic (exact) mass is 322 g/mol. The van der Waals surface area contributed by atoms with Crippen molar-refractivity contribution >= 4 is 5.97 Å². The van der Waals surface area contributed by atoms with Gasteiger partial charge in [0.25, 0.3) is 0 Å². The van der Waals surface area contributed by atoms with Gasteiger partial charge in [-0.05, 0) is 32.1 Å². The zero-order valence-corrected chi connectivity index (χ0v) is 15.4. The van der Waals surface area contributed by atoms with E-state index in [0.717, 1.165) is 25.7 Å². The van der Waals surface area contributed by atoms with E-state index in [-0.39, 0.29) is 5.97 Å². The van der Waals surface area contributed by atoms with Gasteiger partial charge in [-0.15, -0.1) is 6.58 Å². The molecule has 0 aromatic heterocycles. The third-order valence-corrected chi connectivity index (χ3v) is 4.02. The van der Waals surface area contributed by atoms with Gasteiger partial charge < -0.3 is 4.74 Å². The fourth-order valence-electron chi connectivity index (χ4n) is 2.53. The third-order valence-electron chi connectivity index (χ3n) is 4.02. The van der Waals surface area contributed by atoms with Crippen LogP contribution in [0, 0.1) is 0 Å². The van der Waals surface area contributed by atoms with Gasteiger partial charge in [0.1, 0.15) is 6.61 Å². The zero-order valence-electron chi connectivity index (χ0n) is 15.4. The first-order chi connectivity index (χ1) is 11.3. The van der Waals surface area contributed by atoms with E-state index in [1.165, 1.54) is 57.8 Å². The Kier molecular flexibility index (Phi) is 18.1. The van der Waals surface area contributed by atoms with Gasteiger partial charge in [-0.3, -0.25) is 4.79 Å². The third kappa shape index (κ3) is 18.9. The minimum absolute atomic E-state index is 0.0553. The van der Waals surface area contributed by atoms with Gasteiger partial charge in [-0.2, -0.15) is 0 Å². The molecule has 0 fully saturated rings. The normalized spacial score (nSPS) is 11.0. The molecule has 2 nitrogen and oxygen atoms in total. The van der Waals surface area contributed by atoms with Crippen molar-refractivity contribution in [1.29, 1.82) is 0 Å². The largest absolute Gasteiger partial charge is 0.461 e. The van der Waals surface area contributed by atoms with E-state index < -0.39 is 0 Å². The Morgan fingerprint density at radius 2 is 1.43 bits per heavy atom. The van der Waals surface area contributed by atoms with Crippen molar-refractivity contribution < 1.29 is 9.53 Å². The summed E-state index contributed by atoms with van der Waals surface area (Å²) >= 11 is 0. The second-order valence-electron chi connectivity index (χ2n) is 6.31. The predicted octanol–water partition coefficient (Wildman–Crippen LogP) is 6.75. The molecule has 0 spiro atoms. The zero-order chi connectivity index (χ0) is 17.0. The molecule has 0 N–H and O–H groups in total. The highest BCUT2D eigenvalue weighted by Crippen LogP contribution is 2.08. The summed E-state index contributed by atoms with van der Waals surface area (Å²) < 4.78 is 5.21. The Morgan fingerprint density at radius 3 is 2.13 bits per heavy atom. The smallest absolute Gasteiger partial charge is 0.306 e. The average Bonchev–Trinajstić information content (AvgIpc) is 2.55. The molecule has 0 amide bonds. The van der Waals surface area contributed by atoms with Crippen LogP contribution in [-0.4, -0.2) is 12.6 Å². The fraction of sp³-hybridized carbons (Fsp3) is 0.762. The number of esters is 1. The summed E-state index contributed by atoms with van der Waals surface area (Å²) in [5.41, 5.74) is 0. The molecule has 2 heteroatoms. The molecule has 0 aliphatic heterocycles. The van der Waals surface area contributed by atoms with Crippen LogP contribution in [0.4, 0.5) is 0 Å². The summed E-state index contributed by atoms with van der Waals surface area (Å²) in [4.78, 5) is 11.5. The van der Waals surface area contributed by atoms with Crippen LogP contribution >= 0.6 is 0 Å². The molecule has 0 aromatic carbocycles. The highest BCUT2D eigenvalue weighted by atomic mass is 16.5. The molecule has 0 saturated carbocycles. The van der Waals surface area contributed by atoms with E-state index >= 15 is 0 Å². The number of allylic oxidation sites excluding steroid dienone is 2. The maximum Gasteiger partial charge on any atom is 0.306 e. The van der Waals surface area contributed by atoms with Crippen molar-refractivity contribution in [3.63, 3.8) is 0 Å². The van der Waals surface area contributed by atoms with Crippen LogP contribution in [0.15, 0.2) is 24.8 Å². The van der Waals surface area contributed by atoms with Gasteiger partial charge >= 0.3 is 5.97 Å². The molecule has 0 aromatic rings. The summed E-state index contributed by atoms with van der Waals surface area (Å²) in [5.74, 6) is -0.0553. The Labute approximate surface area is 144 Å². The van der Waals surface area contributed by atoms with Crippen LogP contribution in [0.2, 0.25) is 0 Å². The van der Waals surface area contributed by atoms with Crippen molar-refractivity contribution in [2.75, 3.05) is 6.61 Å². The fourth-order valence-corrected chi connectivity index (χ4v) is 2.53. The minimum Gasteiger partial charge on any atom is -0.461 e. The van der Waals surface area contributed by atoms with E-state index in [1.807, 2.05) is 12.2 Å². The van der Waals surface area contributed by atoms with Crippen LogP contribution in [0.1, 0.15) is 96.8 Å². The number of hydrogen-bond donors (Lipinski definition) is 0. The van der Waals surface area contributed by atoms with E-state index in [1.54, 1.807) is 0 Å². The molecule has 23 heavy (non-hydrogen) atoms. The SMILES string of the molecule is C=CCCCCCCCC(=O)OCC=CCCCCCCCC. The lowest BCUT2D eigenvalue weighted by Crippen LogP contribution is -2.03. The molecule has 0 bridgehead atoms. The second kappa shape index (κ2) is 19.0. The molecule has 0 aliphatic carbocycles. The molecular formula is C21H38O2. The van der Waals surface area contributed by atoms with Crippen molar-refractivity contribution in [1.82, 2.24) is 0 Å². The van der Waals surface area contributed by atoms with Crippen LogP contribution in [0.3, 0.4) is 0 Å². The summed E-state index contributed by atoms with van der Waals surface area (Å²) in [6.07, 6.45) is 22.6. The van der Waals surface area contributed by atoms with E-state index in [2.05, 4.69) is 19.6 Å². The number of hydrogen-bond acceptors (Lipinski definition) is 2. The summed E-state index contributed by atoms with van der Waals surface area (Å²) in [5, 5.41) is 0. The second-order valence-corrected chi connectivity index (χ2v) is 6.31. The molecular weight excluding hydrogens is 284 g/mol. The van der Waals surface area contributed by atoms with Gasteiger partial charge in [0.05, 0.1) is 0 Å². The topological polar surface area (TPSA) is 26.3 Å². The lowest BCUT2D eigenvalue weighted by molar-refractivity contribution is -0.142. The van der Waals surface area contributed by atoms with Gasteiger partial charge in [0.15, 0.2) is 0 Å². The number of rotatable bonds is 17. The highest BCUT2D eigenvalue weighted by Gasteiger charge is 2.00. The van der Waals surface area contributed by atoms with E-state index in [4.69, 9.17) is 4.74 Å². The number of ether oxygens (including phenoxy) is 1. The maximum atomic E-state index is 11.5. The van der Waals surface area contributed by atoms with Gasteiger partial charge in [-0.1, -0.05) is 76.5 Å². The van der Waals surface area contributed by atoms with Crippen LogP contribution in [0.5, 0.6) is 0 Å². The quantitative estimate of drug-likeness (QED) is 0.168. The van der Waals surface area contributed by atoms with Crippen LogP contribution in [-0.2, 0) is 9.53 Å². The summed E-state index contributed by atoms with van der Waals surface area (Å²) in [6.45, 7) is 6.40. The number of carbonyl (C=O) groups is 1. The number of carbonyl (C=O) groups excluding carboxylic acids is 1. The lowest BCUT2D eigenvalue weighted by Gasteiger charge is -2.02.